The maximum absolute atomic E-state index is 13.1. The number of amides is 1. The van der Waals surface area contributed by atoms with E-state index in [2.05, 4.69) is 0 Å². The van der Waals surface area contributed by atoms with Crippen molar-refractivity contribution in [1.29, 1.82) is 0 Å². The van der Waals surface area contributed by atoms with Gasteiger partial charge in [-0.15, -0.1) is 0 Å². The second-order valence-corrected chi connectivity index (χ2v) is 3.59. The fourth-order valence-corrected chi connectivity index (χ4v) is 0.982. The van der Waals surface area contributed by atoms with Gasteiger partial charge < -0.3 is 5.32 Å². The molecule has 1 rings (SSSR count). The number of benzene rings is 1. The molecule has 0 spiro atoms. The lowest BCUT2D eigenvalue weighted by molar-refractivity contribution is -0.118. The summed E-state index contributed by atoms with van der Waals surface area (Å²) in [6, 6.07) is 0. The molecule has 94 valence electrons. The van der Waals surface area contributed by atoms with Gasteiger partial charge in [-0.1, -0.05) is 13.8 Å². The molecule has 1 aromatic carbocycles. The molecular formula is C10H8F5NO. The summed E-state index contributed by atoms with van der Waals surface area (Å²) >= 11 is 0. The van der Waals surface area contributed by atoms with Crippen LogP contribution in [-0.4, -0.2) is 5.91 Å². The van der Waals surface area contributed by atoms with E-state index in [1.54, 1.807) is 5.32 Å². The van der Waals surface area contributed by atoms with Crippen LogP contribution in [0.1, 0.15) is 13.8 Å². The highest BCUT2D eigenvalue weighted by atomic mass is 19.2. The van der Waals surface area contributed by atoms with Gasteiger partial charge in [0.25, 0.3) is 0 Å². The Morgan fingerprint density at radius 2 is 1.24 bits per heavy atom. The summed E-state index contributed by atoms with van der Waals surface area (Å²) < 4.78 is 64.3. The zero-order valence-electron chi connectivity index (χ0n) is 8.88. The zero-order valence-corrected chi connectivity index (χ0v) is 8.88. The predicted molar refractivity (Wildman–Crippen MR) is 49.7 cm³/mol. The fourth-order valence-electron chi connectivity index (χ4n) is 0.982. The lowest BCUT2D eigenvalue weighted by atomic mass is 10.2. The molecule has 17 heavy (non-hydrogen) atoms. The molecule has 0 radical (unpaired) electrons. The molecular weight excluding hydrogens is 245 g/mol. The Labute approximate surface area is 93.4 Å². The first-order valence-electron chi connectivity index (χ1n) is 4.59. The summed E-state index contributed by atoms with van der Waals surface area (Å²) in [5.41, 5.74) is -1.33. The second-order valence-electron chi connectivity index (χ2n) is 3.59. The summed E-state index contributed by atoms with van der Waals surface area (Å²) in [6.45, 7) is 2.81. The largest absolute Gasteiger partial charge is 0.321 e. The van der Waals surface area contributed by atoms with Crippen LogP contribution in [-0.2, 0) is 4.79 Å². The SMILES string of the molecule is CC(C)C(=O)Nc1c(F)c(F)c(F)c(F)c1F. The van der Waals surface area contributed by atoms with E-state index in [4.69, 9.17) is 0 Å². The lowest BCUT2D eigenvalue weighted by Gasteiger charge is -2.11. The quantitative estimate of drug-likeness (QED) is 0.490. The van der Waals surface area contributed by atoms with E-state index in [0.717, 1.165) is 0 Å². The van der Waals surface area contributed by atoms with Crippen LogP contribution in [0.2, 0.25) is 0 Å². The standard InChI is InChI=1S/C10H8F5NO/c1-3(2)10(17)16-9-7(14)5(12)4(11)6(13)8(9)15/h3H,1-2H3,(H,16,17). The Morgan fingerprint density at radius 1 is 0.882 bits per heavy atom. The number of hydrogen-bond donors (Lipinski definition) is 1. The third-order valence-electron chi connectivity index (χ3n) is 1.98. The number of carbonyl (C=O) groups is 1. The molecule has 1 aromatic rings. The van der Waals surface area contributed by atoms with E-state index in [1.165, 1.54) is 13.8 Å². The number of nitrogens with one attached hydrogen (secondary N) is 1. The minimum absolute atomic E-state index is 0.662. The molecule has 1 N–H and O–H groups in total. The van der Waals surface area contributed by atoms with Gasteiger partial charge in [-0.2, -0.15) is 0 Å². The Kier molecular flexibility index (Phi) is 3.69. The molecule has 0 heterocycles. The van der Waals surface area contributed by atoms with Crippen molar-refractivity contribution < 1.29 is 26.7 Å². The Hall–Kier alpha value is -1.66. The summed E-state index contributed by atoms with van der Waals surface area (Å²) in [5.74, 6) is -12.1. The molecule has 0 aliphatic carbocycles. The van der Waals surface area contributed by atoms with E-state index in [9.17, 15) is 26.7 Å². The Bertz CT molecular complexity index is 443. The topological polar surface area (TPSA) is 29.1 Å². The molecule has 2 nitrogen and oxygen atoms in total. The molecule has 0 aromatic heterocycles. The van der Waals surface area contributed by atoms with Crippen LogP contribution < -0.4 is 5.32 Å². The summed E-state index contributed by atoms with van der Waals surface area (Å²) in [6.07, 6.45) is 0. The van der Waals surface area contributed by atoms with Crippen LogP contribution in [0.15, 0.2) is 0 Å². The van der Waals surface area contributed by atoms with Gasteiger partial charge in [0.2, 0.25) is 11.7 Å². The number of rotatable bonds is 2. The molecule has 0 atom stereocenters. The molecule has 0 unspecified atom stereocenters. The third kappa shape index (κ3) is 2.37. The predicted octanol–water partition coefficient (Wildman–Crippen LogP) is 2.98. The summed E-state index contributed by atoms with van der Waals surface area (Å²) in [7, 11) is 0. The van der Waals surface area contributed by atoms with Gasteiger partial charge in [0.1, 0.15) is 5.69 Å². The molecule has 0 aliphatic rings. The molecule has 0 fully saturated rings. The Morgan fingerprint density at radius 3 is 1.59 bits per heavy atom. The normalized spacial score (nSPS) is 10.8. The number of hydrogen-bond acceptors (Lipinski definition) is 1. The van der Waals surface area contributed by atoms with Crippen LogP contribution in [0.5, 0.6) is 0 Å². The monoisotopic (exact) mass is 253 g/mol. The van der Waals surface area contributed by atoms with E-state index >= 15 is 0 Å². The van der Waals surface area contributed by atoms with Crippen LogP contribution >= 0.6 is 0 Å². The molecule has 0 saturated carbocycles. The maximum Gasteiger partial charge on any atom is 0.227 e. The highest BCUT2D eigenvalue weighted by molar-refractivity contribution is 5.92. The van der Waals surface area contributed by atoms with Crippen molar-refractivity contribution in [3.63, 3.8) is 0 Å². The summed E-state index contributed by atoms with van der Waals surface area (Å²) in [5, 5.41) is 1.65. The van der Waals surface area contributed by atoms with Gasteiger partial charge in [0, 0.05) is 5.92 Å². The van der Waals surface area contributed by atoms with Crippen LogP contribution in [0.4, 0.5) is 27.6 Å². The number of halogens is 5. The van der Waals surface area contributed by atoms with Crippen molar-refractivity contribution in [2.45, 2.75) is 13.8 Å². The Balaban J connectivity index is 3.30. The third-order valence-corrected chi connectivity index (χ3v) is 1.98. The van der Waals surface area contributed by atoms with Crippen molar-refractivity contribution >= 4 is 11.6 Å². The van der Waals surface area contributed by atoms with E-state index < -0.39 is 46.6 Å². The molecule has 7 heteroatoms. The smallest absolute Gasteiger partial charge is 0.227 e. The minimum Gasteiger partial charge on any atom is -0.321 e. The molecule has 0 bridgehead atoms. The molecule has 1 amide bonds. The number of carbonyl (C=O) groups excluding carboxylic acids is 1. The van der Waals surface area contributed by atoms with E-state index in [1.807, 2.05) is 0 Å². The lowest BCUT2D eigenvalue weighted by Crippen LogP contribution is -2.21. The zero-order chi connectivity index (χ0) is 13.3. The van der Waals surface area contributed by atoms with Gasteiger partial charge >= 0.3 is 0 Å². The van der Waals surface area contributed by atoms with Crippen LogP contribution in [0, 0.1) is 35.0 Å². The minimum atomic E-state index is -2.26. The summed E-state index contributed by atoms with van der Waals surface area (Å²) in [4.78, 5) is 11.1. The van der Waals surface area contributed by atoms with Crippen molar-refractivity contribution in [2.75, 3.05) is 5.32 Å². The van der Waals surface area contributed by atoms with E-state index in [0.29, 0.717) is 0 Å². The van der Waals surface area contributed by atoms with Crippen LogP contribution in [0.25, 0.3) is 0 Å². The van der Waals surface area contributed by atoms with Gasteiger partial charge in [-0.3, -0.25) is 4.79 Å². The van der Waals surface area contributed by atoms with Gasteiger partial charge in [-0.25, -0.2) is 22.0 Å². The second kappa shape index (κ2) is 4.68. The fraction of sp³-hybridized carbons (Fsp3) is 0.300. The van der Waals surface area contributed by atoms with E-state index in [-0.39, 0.29) is 0 Å². The average molecular weight is 253 g/mol. The van der Waals surface area contributed by atoms with Gasteiger partial charge in [0.15, 0.2) is 23.3 Å². The van der Waals surface area contributed by atoms with Crippen molar-refractivity contribution in [2.24, 2.45) is 5.92 Å². The van der Waals surface area contributed by atoms with Gasteiger partial charge in [-0.05, 0) is 0 Å². The van der Waals surface area contributed by atoms with Crippen molar-refractivity contribution in [3.05, 3.63) is 29.1 Å². The highest BCUT2D eigenvalue weighted by Gasteiger charge is 2.27. The maximum atomic E-state index is 13.1. The average Bonchev–Trinajstić information content (AvgIpc) is 2.29. The van der Waals surface area contributed by atoms with Crippen molar-refractivity contribution in [3.8, 4) is 0 Å². The molecule has 0 aliphatic heterocycles. The molecule has 0 saturated heterocycles. The first-order chi connectivity index (χ1) is 7.77. The van der Waals surface area contributed by atoms with Gasteiger partial charge in [0.05, 0.1) is 0 Å². The number of anilines is 1. The van der Waals surface area contributed by atoms with Crippen molar-refractivity contribution in [1.82, 2.24) is 0 Å². The highest BCUT2D eigenvalue weighted by Crippen LogP contribution is 2.27. The first-order valence-corrected chi connectivity index (χ1v) is 4.59. The first kappa shape index (κ1) is 13.4. The van der Waals surface area contributed by atoms with Crippen LogP contribution in [0.3, 0.4) is 0 Å².